The summed E-state index contributed by atoms with van der Waals surface area (Å²) in [5.74, 6) is -0.614. The van der Waals surface area contributed by atoms with Crippen LogP contribution in [0.3, 0.4) is 0 Å². The van der Waals surface area contributed by atoms with Crippen LogP contribution in [0.2, 0.25) is 0 Å². The Kier molecular flexibility index (Phi) is 2.40. The summed E-state index contributed by atoms with van der Waals surface area (Å²) in [5.41, 5.74) is -0.257. The molecule has 0 unspecified atom stereocenters. The van der Waals surface area contributed by atoms with E-state index in [4.69, 9.17) is 0 Å². The highest BCUT2D eigenvalue weighted by Crippen LogP contribution is 2.49. The highest BCUT2D eigenvalue weighted by Gasteiger charge is 2.36. The van der Waals surface area contributed by atoms with Gasteiger partial charge in [-0.1, -0.05) is 6.92 Å². The quantitative estimate of drug-likeness (QED) is 0.353. The van der Waals surface area contributed by atoms with Crippen LogP contribution in [0.25, 0.3) is 0 Å². The molecule has 0 aromatic heterocycles. The van der Waals surface area contributed by atoms with Crippen molar-refractivity contribution in [1.82, 2.24) is 0 Å². The summed E-state index contributed by atoms with van der Waals surface area (Å²) in [7, 11) is 0. The van der Waals surface area contributed by atoms with Gasteiger partial charge in [0.1, 0.15) is 0 Å². The van der Waals surface area contributed by atoms with E-state index in [1.54, 1.807) is 6.92 Å². The minimum absolute atomic E-state index is 0.0963. The van der Waals surface area contributed by atoms with Gasteiger partial charge in [-0.2, -0.15) is 0 Å². The van der Waals surface area contributed by atoms with E-state index in [1.807, 2.05) is 6.92 Å². The first-order valence-electron chi connectivity index (χ1n) is 4.14. The van der Waals surface area contributed by atoms with Gasteiger partial charge in [0.2, 0.25) is 0 Å². The molecule has 0 spiro atoms. The predicted octanol–water partition coefficient (Wildman–Crippen LogP) is 0.594. The van der Waals surface area contributed by atoms with Gasteiger partial charge in [0, 0.05) is 6.08 Å². The van der Waals surface area contributed by atoms with Crippen LogP contribution in [0, 0.1) is 5.41 Å². The van der Waals surface area contributed by atoms with Crippen LogP contribution in [-0.4, -0.2) is 12.6 Å². The first-order chi connectivity index (χ1) is 5.58. The highest BCUT2D eigenvalue weighted by atomic mass is 16.5. The van der Waals surface area contributed by atoms with Crippen molar-refractivity contribution in [3.63, 3.8) is 0 Å². The summed E-state index contributed by atoms with van der Waals surface area (Å²) in [4.78, 5) is 10.8. The number of carbonyl (C=O) groups is 1. The SMILES string of the molecule is CCOC(=O)/C=C(\[O-])C1(C)CC1. The Morgan fingerprint density at radius 1 is 1.67 bits per heavy atom. The van der Waals surface area contributed by atoms with Gasteiger partial charge < -0.3 is 9.84 Å². The van der Waals surface area contributed by atoms with Gasteiger partial charge in [0.25, 0.3) is 0 Å². The summed E-state index contributed by atoms with van der Waals surface area (Å²) in [5, 5.41) is 11.3. The van der Waals surface area contributed by atoms with Gasteiger partial charge >= 0.3 is 5.97 Å². The normalized spacial score (nSPS) is 20.3. The number of hydrogen-bond donors (Lipinski definition) is 0. The second-order valence-corrected chi connectivity index (χ2v) is 3.32. The molecule has 3 heteroatoms. The van der Waals surface area contributed by atoms with E-state index in [0.717, 1.165) is 18.9 Å². The lowest BCUT2D eigenvalue weighted by molar-refractivity contribution is -0.317. The van der Waals surface area contributed by atoms with Crippen LogP contribution in [0.4, 0.5) is 0 Å². The number of allylic oxidation sites excluding steroid dienone is 1. The molecule has 1 rings (SSSR count). The van der Waals surface area contributed by atoms with Gasteiger partial charge in [-0.05, 0) is 25.2 Å². The molecular formula is C9H13O3-. The van der Waals surface area contributed by atoms with Crippen LogP contribution in [-0.2, 0) is 9.53 Å². The zero-order valence-electron chi connectivity index (χ0n) is 7.42. The van der Waals surface area contributed by atoms with Gasteiger partial charge in [-0.25, -0.2) is 4.79 Å². The highest BCUT2D eigenvalue weighted by molar-refractivity contribution is 5.82. The van der Waals surface area contributed by atoms with Crippen LogP contribution in [0.5, 0.6) is 0 Å². The summed E-state index contributed by atoms with van der Waals surface area (Å²) in [6.45, 7) is 3.90. The van der Waals surface area contributed by atoms with Crippen LogP contribution < -0.4 is 5.11 Å². The Morgan fingerprint density at radius 2 is 2.25 bits per heavy atom. The Balaban J connectivity index is 2.50. The Labute approximate surface area is 72.0 Å². The first kappa shape index (κ1) is 9.10. The first-order valence-corrected chi connectivity index (χ1v) is 4.14. The second-order valence-electron chi connectivity index (χ2n) is 3.32. The zero-order chi connectivity index (χ0) is 9.19. The van der Waals surface area contributed by atoms with Gasteiger partial charge in [-0.15, -0.1) is 5.76 Å². The zero-order valence-corrected chi connectivity index (χ0v) is 7.42. The van der Waals surface area contributed by atoms with Crippen molar-refractivity contribution < 1.29 is 14.6 Å². The molecule has 1 aliphatic carbocycles. The van der Waals surface area contributed by atoms with Gasteiger partial charge in [0.15, 0.2) is 0 Å². The standard InChI is InChI=1S/C9H14O3/c1-3-12-8(11)6-7(10)9(2)4-5-9/h6,10H,3-5H2,1-2H3/p-1/b7-6-. The molecule has 0 aromatic rings. The van der Waals surface area contributed by atoms with Crippen LogP contribution >= 0.6 is 0 Å². The second kappa shape index (κ2) is 3.17. The molecule has 0 N–H and O–H groups in total. The van der Waals surface area contributed by atoms with Crippen LogP contribution in [0.15, 0.2) is 11.8 Å². The van der Waals surface area contributed by atoms with E-state index in [-0.39, 0.29) is 11.2 Å². The van der Waals surface area contributed by atoms with Crippen molar-refractivity contribution >= 4 is 5.97 Å². The number of hydrogen-bond acceptors (Lipinski definition) is 3. The molecule has 3 nitrogen and oxygen atoms in total. The minimum Gasteiger partial charge on any atom is -0.875 e. The molecule has 0 saturated heterocycles. The van der Waals surface area contributed by atoms with E-state index >= 15 is 0 Å². The average Bonchev–Trinajstić information content (AvgIpc) is 2.69. The molecule has 0 aromatic carbocycles. The van der Waals surface area contributed by atoms with Crippen LogP contribution in [0.1, 0.15) is 26.7 Å². The van der Waals surface area contributed by atoms with Crippen molar-refractivity contribution in [1.29, 1.82) is 0 Å². The maximum absolute atomic E-state index is 11.3. The number of esters is 1. The van der Waals surface area contributed by atoms with Crippen molar-refractivity contribution in [3.05, 3.63) is 11.8 Å². The van der Waals surface area contributed by atoms with E-state index in [2.05, 4.69) is 4.74 Å². The lowest BCUT2D eigenvalue weighted by Gasteiger charge is -2.18. The summed E-state index contributed by atoms with van der Waals surface area (Å²) < 4.78 is 4.62. The molecule has 1 aliphatic rings. The maximum Gasteiger partial charge on any atom is 0.329 e. The monoisotopic (exact) mass is 169 g/mol. The molecule has 68 valence electrons. The maximum atomic E-state index is 11.3. The molecule has 0 radical (unpaired) electrons. The summed E-state index contributed by atoms with van der Waals surface area (Å²) in [6, 6.07) is 0. The molecular weight excluding hydrogens is 156 g/mol. The molecule has 0 atom stereocenters. The van der Waals surface area contributed by atoms with Crippen molar-refractivity contribution in [3.8, 4) is 0 Å². The van der Waals surface area contributed by atoms with E-state index in [9.17, 15) is 9.90 Å². The molecule has 0 aliphatic heterocycles. The van der Waals surface area contributed by atoms with Gasteiger partial charge in [-0.3, -0.25) is 0 Å². The number of ether oxygens (including phenoxy) is 1. The number of rotatable bonds is 3. The Bertz CT molecular complexity index is 214. The molecule has 0 amide bonds. The van der Waals surface area contributed by atoms with E-state index < -0.39 is 5.97 Å². The molecule has 1 fully saturated rings. The fourth-order valence-electron chi connectivity index (χ4n) is 0.899. The summed E-state index contributed by atoms with van der Waals surface area (Å²) in [6.07, 6.45) is 2.85. The fourth-order valence-corrected chi connectivity index (χ4v) is 0.899. The van der Waals surface area contributed by atoms with E-state index in [0.29, 0.717) is 6.61 Å². The Hall–Kier alpha value is -0.990. The molecule has 0 bridgehead atoms. The number of carbonyl (C=O) groups excluding carboxylic acids is 1. The predicted molar refractivity (Wildman–Crippen MR) is 42.1 cm³/mol. The lowest BCUT2D eigenvalue weighted by Crippen LogP contribution is -2.16. The summed E-state index contributed by atoms with van der Waals surface area (Å²) >= 11 is 0. The van der Waals surface area contributed by atoms with Crippen molar-refractivity contribution in [2.24, 2.45) is 5.41 Å². The van der Waals surface area contributed by atoms with Gasteiger partial charge in [0.05, 0.1) is 6.61 Å². The fraction of sp³-hybridized carbons (Fsp3) is 0.667. The van der Waals surface area contributed by atoms with Crippen molar-refractivity contribution in [2.45, 2.75) is 26.7 Å². The molecule has 12 heavy (non-hydrogen) atoms. The topological polar surface area (TPSA) is 49.4 Å². The third-order valence-corrected chi connectivity index (χ3v) is 2.13. The smallest absolute Gasteiger partial charge is 0.329 e. The minimum atomic E-state index is -0.518. The lowest BCUT2D eigenvalue weighted by atomic mass is 10.1. The van der Waals surface area contributed by atoms with E-state index in [1.165, 1.54) is 0 Å². The van der Waals surface area contributed by atoms with Crippen molar-refractivity contribution in [2.75, 3.05) is 6.61 Å². The average molecular weight is 169 g/mol. The molecule has 1 saturated carbocycles. The molecule has 0 heterocycles. The Morgan fingerprint density at radius 3 is 2.67 bits per heavy atom. The third kappa shape index (κ3) is 2.00. The third-order valence-electron chi connectivity index (χ3n) is 2.13. The largest absolute Gasteiger partial charge is 0.875 e.